The lowest BCUT2D eigenvalue weighted by Crippen LogP contribution is -1.99. The van der Waals surface area contributed by atoms with Crippen LogP contribution in [0, 0.1) is 6.07 Å². The van der Waals surface area contributed by atoms with E-state index in [9.17, 15) is 0 Å². The smallest absolute Gasteiger partial charge is 0.128 e. The van der Waals surface area contributed by atoms with Gasteiger partial charge in [0.1, 0.15) is 8.83 Å². The zero-order chi connectivity index (χ0) is 10.9. The van der Waals surface area contributed by atoms with Crippen molar-refractivity contribution in [3.63, 3.8) is 0 Å². The first-order valence-electron chi connectivity index (χ1n) is 5.87. The molecule has 0 nitrogen and oxygen atoms in total. The molecule has 0 fully saturated rings. The first-order valence-corrected chi connectivity index (χ1v) is 8.83. The van der Waals surface area contributed by atoms with Crippen LogP contribution in [0.15, 0.2) is 24.3 Å². The Morgan fingerprint density at radius 2 is 2.07 bits per heavy atom. The molecule has 1 unspecified atom stereocenters. The first kappa shape index (κ1) is 12.8. The van der Waals surface area contributed by atoms with Gasteiger partial charge in [-0.15, -0.1) is 0 Å². The molecular formula is C13H20ClSi. The number of aryl methyl sites for hydroxylation is 1. The van der Waals surface area contributed by atoms with Crippen molar-refractivity contribution < 1.29 is 0 Å². The molecule has 0 aliphatic heterocycles. The van der Waals surface area contributed by atoms with Crippen molar-refractivity contribution in [1.29, 1.82) is 0 Å². The molecule has 83 valence electrons. The lowest BCUT2D eigenvalue weighted by atomic mass is 10.1. The quantitative estimate of drug-likeness (QED) is 0.503. The minimum absolute atomic E-state index is 0.317. The van der Waals surface area contributed by atoms with E-state index in [1.807, 2.05) is 12.1 Å². The molecule has 1 radical (unpaired) electrons. The Bertz CT molecular complexity index is 248. The molecule has 0 spiro atoms. The summed E-state index contributed by atoms with van der Waals surface area (Å²) in [5.41, 5.74) is 2.28. The van der Waals surface area contributed by atoms with Crippen molar-refractivity contribution >= 4 is 19.9 Å². The van der Waals surface area contributed by atoms with E-state index < -0.39 is 0 Å². The van der Waals surface area contributed by atoms with Gasteiger partial charge in [-0.3, -0.25) is 0 Å². The van der Waals surface area contributed by atoms with E-state index in [0.29, 0.717) is 0 Å². The fraction of sp³-hybridized carbons (Fsp3) is 0.538. The third-order valence-electron chi connectivity index (χ3n) is 2.78. The maximum atomic E-state index is 6.06. The summed E-state index contributed by atoms with van der Waals surface area (Å²) in [4.78, 5) is 0. The molecule has 1 rings (SSSR count). The van der Waals surface area contributed by atoms with E-state index in [2.05, 4.69) is 25.1 Å². The van der Waals surface area contributed by atoms with Gasteiger partial charge in [-0.1, -0.05) is 50.5 Å². The van der Waals surface area contributed by atoms with Crippen molar-refractivity contribution in [2.24, 2.45) is 0 Å². The molecule has 1 atom stereocenters. The Morgan fingerprint density at radius 3 is 2.67 bits per heavy atom. The molecule has 0 amide bonds. The molecule has 0 bridgehead atoms. The van der Waals surface area contributed by atoms with Crippen LogP contribution in [0.1, 0.15) is 38.2 Å². The predicted octanol–water partition coefficient (Wildman–Crippen LogP) is 3.72. The van der Waals surface area contributed by atoms with Crippen LogP contribution in [0.25, 0.3) is 0 Å². The summed E-state index contributed by atoms with van der Waals surface area (Å²) in [5.74, 6) is 0. The van der Waals surface area contributed by atoms with E-state index >= 15 is 0 Å². The average Bonchev–Trinajstić information content (AvgIpc) is 2.29. The van der Waals surface area contributed by atoms with Crippen LogP contribution < -0.4 is 0 Å². The molecule has 0 saturated heterocycles. The molecule has 2 heteroatoms. The topological polar surface area (TPSA) is 0 Å². The maximum absolute atomic E-state index is 6.06. The monoisotopic (exact) mass is 239 g/mol. The summed E-state index contributed by atoms with van der Waals surface area (Å²) in [6.07, 6.45) is 6.42. The van der Waals surface area contributed by atoms with Crippen molar-refractivity contribution in [3.05, 3.63) is 35.9 Å². The molecule has 0 saturated carbocycles. The Hall–Kier alpha value is -0.273. The third kappa shape index (κ3) is 5.38. The summed E-state index contributed by atoms with van der Waals surface area (Å²) in [5, 5.41) is 0. The van der Waals surface area contributed by atoms with Crippen LogP contribution >= 0.6 is 11.1 Å². The molecule has 0 aliphatic rings. The Morgan fingerprint density at radius 1 is 1.33 bits per heavy atom. The highest BCUT2D eigenvalue weighted by Gasteiger charge is 2.06. The fourth-order valence-corrected chi connectivity index (χ4v) is 3.82. The van der Waals surface area contributed by atoms with E-state index in [-0.39, 0.29) is 8.83 Å². The predicted molar refractivity (Wildman–Crippen MR) is 71.3 cm³/mol. The largest absolute Gasteiger partial charge is 0.176 e. The van der Waals surface area contributed by atoms with Gasteiger partial charge >= 0.3 is 0 Å². The van der Waals surface area contributed by atoms with Crippen LogP contribution in [0.4, 0.5) is 0 Å². The van der Waals surface area contributed by atoms with E-state index in [4.69, 9.17) is 11.1 Å². The standard InChI is InChI=1S/C13H20ClSi/c1-2-7-13(15-14)11-6-10-12-8-4-3-5-9-12/h4-5,8-9,13H,2,6-7,10-11,15H2,1H3. The second kappa shape index (κ2) is 7.95. The van der Waals surface area contributed by atoms with Crippen LogP contribution in [0.3, 0.4) is 0 Å². The van der Waals surface area contributed by atoms with Crippen LogP contribution in [-0.4, -0.2) is 8.83 Å². The molecule has 15 heavy (non-hydrogen) atoms. The van der Waals surface area contributed by atoms with Crippen LogP contribution in [0.5, 0.6) is 0 Å². The molecule has 1 aromatic carbocycles. The number of hydrogen-bond donors (Lipinski definition) is 0. The molecule has 0 heterocycles. The summed E-state index contributed by atoms with van der Waals surface area (Å²) in [7, 11) is -0.317. The highest BCUT2D eigenvalue weighted by atomic mass is 35.6. The second-order valence-electron chi connectivity index (χ2n) is 4.11. The molecule has 1 aromatic rings. The van der Waals surface area contributed by atoms with Gasteiger partial charge in [-0.25, -0.2) is 0 Å². The van der Waals surface area contributed by atoms with Gasteiger partial charge in [0.05, 0.1) is 0 Å². The number of halogens is 1. The molecular weight excluding hydrogens is 220 g/mol. The van der Waals surface area contributed by atoms with Gasteiger partial charge in [0.2, 0.25) is 0 Å². The first-order chi connectivity index (χ1) is 7.36. The SMILES string of the molecule is CCCC(CCCc1cc[c]cc1)[SiH2]Cl. The zero-order valence-corrected chi connectivity index (χ0v) is 11.7. The van der Waals surface area contributed by atoms with Crippen molar-refractivity contribution in [2.75, 3.05) is 0 Å². The van der Waals surface area contributed by atoms with Gasteiger partial charge in [0.25, 0.3) is 0 Å². The molecule has 0 aromatic heterocycles. The zero-order valence-electron chi connectivity index (χ0n) is 9.51. The van der Waals surface area contributed by atoms with Crippen LogP contribution in [-0.2, 0) is 6.42 Å². The fourth-order valence-electron chi connectivity index (χ4n) is 1.89. The lowest BCUT2D eigenvalue weighted by Gasteiger charge is -2.11. The lowest BCUT2D eigenvalue weighted by molar-refractivity contribution is 0.629. The minimum atomic E-state index is -0.317. The average molecular weight is 240 g/mol. The highest BCUT2D eigenvalue weighted by molar-refractivity contribution is 6.94. The Labute approximate surface area is 101 Å². The summed E-state index contributed by atoms with van der Waals surface area (Å²) >= 11 is 6.06. The minimum Gasteiger partial charge on any atom is -0.176 e. The van der Waals surface area contributed by atoms with E-state index in [1.54, 1.807) is 0 Å². The maximum Gasteiger partial charge on any atom is 0.128 e. The number of hydrogen-bond acceptors (Lipinski definition) is 0. The number of rotatable bonds is 7. The van der Waals surface area contributed by atoms with Gasteiger partial charge in [0, 0.05) is 0 Å². The Balaban J connectivity index is 2.20. The van der Waals surface area contributed by atoms with E-state index in [0.717, 1.165) is 5.54 Å². The molecule has 0 N–H and O–H groups in total. The van der Waals surface area contributed by atoms with E-state index in [1.165, 1.54) is 37.7 Å². The van der Waals surface area contributed by atoms with Gasteiger partial charge in [-0.05, 0) is 30.0 Å². The summed E-state index contributed by atoms with van der Waals surface area (Å²) in [6, 6.07) is 11.4. The normalized spacial score (nSPS) is 13.5. The van der Waals surface area contributed by atoms with Crippen molar-refractivity contribution in [2.45, 2.75) is 44.6 Å². The van der Waals surface area contributed by atoms with Gasteiger partial charge < -0.3 is 0 Å². The molecule has 0 aliphatic carbocycles. The van der Waals surface area contributed by atoms with Gasteiger partial charge in [0.15, 0.2) is 0 Å². The van der Waals surface area contributed by atoms with Crippen molar-refractivity contribution in [1.82, 2.24) is 0 Å². The number of benzene rings is 1. The van der Waals surface area contributed by atoms with Gasteiger partial charge in [-0.2, -0.15) is 11.1 Å². The summed E-state index contributed by atoms with van der Waals surface area (Å²) in [6.45, 7) is 2.25. The highest BCUT2D eigenvalue weighted by Crippen LogP contribution is 2.21. The third-order valence-corrected chi connectivity index (χ3v) is 5.34. The van der Waals surface area contributed by atoms with Crippen LogP contribution in [0.2, 0.25) is 5.54 Å². The van der Waals surface area contributed by atoms with Crippen molar-refractivity contribution in [3.8, 4) is 0 Å². The summed E-state index contributed by atoms with van der Waals surface area (Å²) < 4.78 is 0. The Kier molecular flexibility index (Phi) is 6.78. The second-order valence-corrected chi connectivity index (χ2v) is 6.50.